The van der Waals surface area contributed by atoms with Crippen molar-refractivity contribution in [1.82, 2.24) is 0 Å². The van der Waals surface area contributed by atoms with Gasteiger partial charge < -0.3 is 25.0 Å². The molecule has 152 valence electrons. The SMILES string of the molecule is CC1CCN(c2ccc(NC(=O)CC(=O)Nc3ccc4c(c3)OCO4)cc2)CC1. The predicted molar refractivity (Wildman–Crippen MR) is 111 cm³/mol. The molecule has 29 heavy (non-hydrogen) atoms. The Bertz CT molecular complexity index is 889. The molecule has 1 saturated heterocycles. The van der Waals surface area contributed by atoms with E-state index in [-0.39, 0.29) is 25.0 Å². The zero-order chi connectivity index (χ0) is 20.2. The second-order valence-corrected chi connectivity index (χ2v) is 7.56. The third-order valence-electron chi connectivity index (χ3n) is 5.28. The van der Waals surface area contributed by atoms with Crippen LogP contribution in [0.2, 0.25) is 0 Å². The van der Waals surface area contributed by atoms with Gasteiger partial charge in [0, 0.05) is 36.2 Å². The molecule has 2 aliphatic heterocycles. The van der Waals surface area contributed by atoms with Crippen molar-refractivity contribution in [2.45, 2.75) is 26.2 Å². The predicted octanol–water partition coefficient (Wildman–Crippen LogP) is 3.62. The second kappa shape index (κ2) is 8.43. The Hall–Kier alpha value is -3.22. The van der Waals surface area contributed by atoms with Gasteiger partial charge in [0.1, 0.15) is 6.42 Å². The van der Waals surface area contributed by atoms with Gasteiger partial charge in [0.2, 0.25) is 18.6 Å². The molecule has 7 nitrogen and oxygen atoms in total. The summed E-state index contributed by atoms with van der Waals surface area (Å²) in [6, 6.07) is 12.9. The number of benzene rings is 2. The molecule has 2 aromatic carbocycles. The lowest BCUT2D eigenvalue weighted by Crippen LogP contribution is -2.32. The third-order valence-corrected chi connectivity index (χ3v) is 5.28. The van der Waals surface area contributed by atoms with Gasteiger partial charge in [-0.15, -0.1) is 0 Å². The Morgan fingerprint density at radius 3 is 2.28 bits per heavy atom. The van der Waals surface area contributed by atoms with E-state index in [0.717, 1.165) is 24.7 Å². The lowest BCUT2D eigenvalue weighted by Gasteiger charge is -2.32. The van der Waals surface area contributed by atoms with Gasteiger partial charge in [-0.2, -0.15) is 0 Å². The van der Waals surface area contributed by atoms with Gasteiger partial charge in [-0.05, 0) is 55.2 Å². The highest BCUT2D eigenvalue weighted by Crippen LogP contribution is 2.34. The number of ether oxygens (including phenoxy) is 2. The number of piperidine rings is 1. The van der Waals surface area contributed by atoms with Crippen molar-refractivity contribution in [3.63, 3.8) is 0 Å². The number of nitrogens with zero attached hydrogens (tertiary/aromatic N) is 1. The monoisotopic (exact) mass is 395 g/mol. The molecule has 0 radical (unpaired) electrons. The molecule has 2 aromatic rings. The molecule has 4 rings (SSSR count). The van der Waals surface area contributed by atoms with Gasteiger partial charge in [0.05, 0.1) is 0 Å². The van der Waals surface area contributed by atoms with Crippen molar-refractivity contribution in [3.05, 3.63) is 42.5 Å². The van der Waals surface area contributed by atoms with E-state index >= 15 is 0 Å². The van der Waals surface area contributed by atoms with Crippen LogP contribution in [-0.4, -0.2) is 31.7 Å². The highest BCUT2D eigenvalue weighted by molar-refractivity contribution is 6.08. The first-order valence-electron chi connectivity index (χ1n) is 9.91. The molecule has 0 saturated carbocycles. The average Bonchev–Trinajstić information content (AvgIpc) is 3.17. The minimum Gasteiger partial charge on any atom is -0.454 e. The van der Waals surface area contributed by atoms with Crippen LogP contribution in [0.15, 0.2) is 42.5 Å². The fourth-order valence-electron chi connectivity index (χ4n) is 3.55. The number of carbonyl (C=O) groups excluding carboxylic acids is 2. The number of rotatable bonds is 5. The lowest BCUT2D eigenvalue weighted by atomic mass is 9.99. The topological polar surface area (TPSA) is 79.9 Å². The number of carbonyl (C=O) groups is 2. The summed E-state index contributed by atoms with van der Waals surface area (Å²) in [6.07, 6.45) is 2.15. The summed E-state index contributed by atoms with van der Waals surface area (Å²) < 4.78 is 10.5. The van der Waals surface area contributed by atoms with Gasteiger partial charge in [-0.3, -0.25) is 9.59 Å². The van der Waals surface area contributed by atoms with Crippen LogP contribution >= 0.6 is 0 Å². The molecular formula is C22H25N3O4. The van der Waals surface area contributed by atoms with Crippen molar-refractivity contribution in [3.8, 4) is 11.5 Å². The Labute approximate surface area is 170 Å². The number of nitrogens with one attached hydrogen (secondary N) is 2. The van der Waals surface area contributed by atoms with E-state index in [2.05, 4.69) is 22.5 Å². The summed E-state index contributed by atoms with van der Waals surface area (Å²) >= 11 is 0. The van der Waals surface area contributed by atoms with E-state index in [1.807, 2.05) is 24.3 Å². The Kier molecular flexibility index (Phi) is 5.55. The van der Waals surface area contributed by atoms with Gasteiger partial charge in [-0.1, -0.05) is 6.92 Å². The van der Waals surface area contributed by atoms with Crippen molar-refractivity contribution in [2.24, 2.45) is 5.92 Å². The summed E-state index contributed by atoms with van der Waals surface area (Å²) in [4.78, 5) is 26.7. The van der Waals surface area contributed by atoms with Crippen LogP contribution in [0.3, 0.4) is 0 Å². The van der Waals surface area contributed by atoms with Gasteiger partial charge in [-0.25, -0.2) is 0 Å². The smallest absolute Gasteiger partial charge is 0.233 e. The fraction of sp³-hybridized carbons (Fsp3) is 0.364. The van der Waals surface area contributed by atoms with Crippen molar-refractivity contribution in [1.29, 1.82) is 0 Å². The highest BCUT2D eigenvalue weighted by atomic mass is 16.7. The van der Waals surface area contributed by atoms with E-state index in [9.17, 15) is 9.59 Å². The Balaban J connectivity index is 1.27. The van der Waals surface area contributed by atoms with Crippen molar-refractivity contribution >= 4 is 28.9 Å². The molecule has 2 heterocycles. The van der Waals surface area contributed by atoms with E-state index in [4.69, 9.17) is 9.47 Å². The molecular weight excluding hydrogens is 370 g/mol. The van der Waals surface area contributed by atoms with Gasteiger partial charge >= 0.3 is 0 Å². The fourth-order valence-corrected chi connectivity index (χ4v) is 3.55. The molecule has 0 unspecified atom stereocenters. The third kappa shape index (κ3) is 4.80. The standard InChI is InChI=1S/C22H25N3O4/c1-15-8-10-25(11-9-15)18-5-2-16(3-6-18)23-21(26)13-22(27)24-17-4-7-19-20(12-17)29-14-28-19/h2-7,12,15H,8-11,13-14H2,1H3,(H,23,26)(H,24,27). The molecule has 7 heteroatoms. The van der Waals surface area contributed by atoms with E-state index in [0.29, 0.717) is 22.9 Å². The van der Waals surface area contributed by atoms with E-state index in [1.165, 1.54) is 12.8 Å². The van der Waals surface area contributed by atoms with Crippen molar-refractivity contribution in [2.75, 3.05) is 35.4 Å². The zero-order valence-electron chi connectivity index (χ0n) is 16.4. The largest absolute Gasteiger partial charge is 0.454 e. The number of hydrogen-bond donors (Lipinski definition) is 2. The Morgan fingerprint density at radius 2 is 1.55 bits per heavy atom. The molecule has 0 bridgehead atoms. The molecule has 0 spiro atoms. The average molecular weight is 395 g/mol. The molecule has 2 N–H and O–H groups in total. The summed E-state index contributed by atoms with van der Waals surface area (Å²) in [5.41, 5.74) is 2.41. The normalized spacial score (nSPS) is 15.8. The summed E-state index contributed by atoms with van der Waals surface area (Å²) in [5, 5.41) is 5.48. The number of anilines is 3. The molecule has 1 fully saturated rings. The molecule has 0 atom stereocenters. The van der Waals surface area contributed by atoms with Crippen LogP contribution in [-0.2, 0) is 9.59 Å². The zero-order valence-corrected chi connectivity index (χ0v) is 16.4. The van der Waals surface area contributed by atoms with Crippen LogP contribution < -0.4 is 25.0 Å². The summed E-state index contributed by atoms with van der Waals surface area (Å²) in [5.74, 6) is 1.26. The van der Waals surface area contributed by atoms with Crippen LogP contribution in [0, 0.1) is 5.92 Å². The van der Waals surface area contributed by atoms with Crippen LogP contribution in [0.25, 0.3) is 0 Å². The van der Waals surface area contributed by atoms with Crippen LogP contribution in [0.4, 0.5) is 17.1 Å². The van der Waals surface area contributed by atoms with Crippen LogP contribution in [0.1, 0.15) is 26.2 Å². The van der Waals surface area contributed by atoms with Gasteiger partial charge in [0.15, 0.2) is 11.5 Å². The molecule has 2 aliphatic rings. The van der Waals surface area contributed by atoms with Gasteiger partial charge in [0.25, 0.3) is 0 Å². The van der Waals surface area contributed by atoms with Crippen molar-refractivity contribution < 1.29 is 19.1 Å². The lowest BCUT2D eigenvalue weighted by molar-refractivity contribution is -0.123. The molecule has 0 aromatic heterocycles. The first kappa shape index (κ1) is 19.1. The Morgan fingerprint density at radius 1 is 0.931 bits per heavy atom. The summed E-state index contributed by atoms with van der Waals surface area (Å²) in [7, 11) is 0. The minimum atomic E-state index is -0.388. The first-order chi connectivity index (χ1) is 14.1. The maximum absolute atomic E-state index is 12.2. The summed E-state index contributed by atoms with van der Waals surface area (Å²) in [6.45, 7) is 4.59. The quantitative estimate of drug-likeness (QED) is 0.756. The second-order valence-electron chi connectivity index (χ2n) is 7.56. The highest BCUT2D eigenvalue weighted by Gasteiger charge is 2.17. The van der Waals surface area contributed by atoms with E-state index in [1.54, 1.807) is 18.2 Å². The molecule has 0 aliphatic carbocycles. The molecule has 2 amide bonds. The number of hydrogen-bond acceptors (Lipinski definition) is 5. The van der Waals surface area contributed by atoms with Crippen LogP contribution in [0.5, 0.6) is 11.5 Å². The first-order valence-corrected chi connectivity index (χ1v) is 9.91. The maximum Gasteiger partial charge on any atom is 0.233 e. The maximum atomic E-state index is 12.2. The van der Waals surface area contributed by atoms with E-state index < -0.39 is 0 Å². The number of amides is 2. The minimum absolute atomic E-state index is 0.171. The number of fused-ring (bicyclic) bond motifs is 1.